The summed E-state index contributed by atoms with van der Waals surface area (Å²) >= 11 is 0. The van der Waals surface area contributed by atoms with E-state index in [0.717, 1.165) is 12.8 Å². The quantitative estimate of drug-likeness (QED) is 0.357. The molecule has 0 aliphatic carbocycles. The molecule has 0 fully saturated rings. The number of rotatable bonds is 14. The molecule has 1 aromatic carbocycles. The van der Waals surface area contributed by atoms with Gasteiger partial charge in [-0.25, -0.2) is 0 Å². The molecule has 2 N–H and O–H groups in total. The molecule has 0 unspecified atom stereocenters. The summed E-state index contributed by atoms with van der Waals surface area (Å²) in [5.41, 5.74) is 1.46. The van der Waals surface area contributed by atoms with E-state index in [9.17, 15) is 0 Å². The molecule has 1 rings (SSSR count). The molecule has 4 heteroatoms. The first-order chi connectivity index (χ1) is 10.8. The van der Waals surface area contributed by atoms with Gasteiger partial charge in [0, 0.05) is 0 Å². The Bertz CT molecular complexity index is 343. The van der Waals surface area contributed by atoms with Crippen LogP contribution in [0.1, 0.15) is 69.8 Å². The first-order valence-electron chi connectivity index (χ1n) is 8.64. The summed E-state index contributed by atoms with van der Waals surface area (Å²) in [6.45, 7) is 0.472. The Morgan fingerprint density at radius 1 is 0.682 bits per heavy atom. The van der Waals surface area contributed by atoms with Crippen molar-refractivity contribution in [3.05, 3.63) is 35.9 Å². The maximum Gasteiger partial charge on any atom is 0.327 e. The van der Waals surface area contributed by atoms with Crippen molar-refractivity contribution < 1.29 is 14.3 Å². The monoisotopic (exact) mass is 326 g/mol. The van der Waals surface area contributed by atoms with E-state index in [-0.39, 0.29) is 0 Å². The van der Waals surface area contributed by atoms with Crippen LogP contribution >= 0.6 is 8.60 Å². The lowest BCUT2D eigenvalue weighted by Gasteiger charge is -2.04. The van der Waals surface area contributed by atoms with Gasteiger partial charge in [-0.05, 0) is 24.8 Å². The second-order valence-electron chi connectivity index (χ2n) is 5.86. The average molecular weight is 326 g/mol. The van der Waals surface area contributed by atoms with E-state index in [4.69, 9.17) is 14.3 Å². The Labute approximate surface area is 136 Å². The van der Waals surface area contributed by atoms with Crippen molar-refractivity contribution in [2.45, 2.75) is 70.6 Å². The molecule has 3 nitrogen and oxygen atoms in total. The molecule has 0 aliphatic heterocycles. The predicted molar refractivity (Wildman–Crippen MR) is 93.6 cm³/mol. The summed E-state index contributed by atoms with van der Waals surface area (Å²) in [6, 6.07) is 10.7. The van der Waals surface area contributed by atoms with Gasteiger partial charge in [0.15, 0.2) is 0 Å². The third-order valence-electron chi connectivity index (χ3n) is 3.91. The normalized spacial score (nSPS) is 11.2. The van der Waals surface area contributed by atoms with Crippen molar-refractivity contribution in [1.29, 1.82) is 0 Å². The van der Waals surface area contributed by atoms with Gasteiger partial charge in [-0.3, -0.25) is 0 Å². The molecule has 0 heterocycles. The standard InChI is InChI=1S/C18H31O3P/c19-22(20)21-17-13-8-6-4-2-1-3-5-7-10-14-18-15-11-9-12-16-18/h9,11-12,15-16,19-20H,1-8,10,13-14,17H2. The zero-order chi connectivity index (χ0) is 15.9. The van der Waals surface area contributed by atoms with Crippen LogP contribution in [0.5, 0.6) is 0 Å². The molecule has 0 spiro atoms. The number of unbranched alkanes of at least 4 members (excludes halogenated alkanes) is 9. The molecule has 0 atom stereocenters. The number of hydrogen-bond donors (Lipinski definition) is 2. The molecule has 0 saturated heterocycles. The van der Waals surface area contributed by atoms with Gasteiger partial charge < -0.3 is 14.3 Å². The Hall–Kier alpha value is -0.470. The molecule has 0 aromatic heterocycles. The van der Waals surface area contributed by atoms with Crippen molar-refractivity contribution in [2.75, 3.05) is 6.61 Å². The predicted octanol–water partition coefficient (Wildman–Crippen LogP) is 5.36. The Morgan fingerprint density at radius 2 is 1.18 bits per heavy atom. The van der Waals surface area contributed by atoms with Gasteiger partial charge >= 0.3 is 8.60 Å². The van der Waals surface area contributed by atoms with Crippen LogP contribution in [-0.4, -0.2) is 16.4 Å². The van der Waals surface area contributed by atoms with Gasteiger partial charge in [0.05, 0.1) is 6.61 Å². The SMILES string of the molecule is OP(O)OCCCCCCCCCCCCc1ccccc1. The molecule has 0 radical (unpaired) electrons. The molecule has 0 bridgehead atoms. The van der Waals surface area contributed by atoms with E-state index in [1.807, 2.05) is 0 Å². The third-order valence-corrected chi connectivity index (χ3v) is 4.32. The van der Waals surface area contributed by atoms with Gasteiger partial charge in [-0.15, -0.1) is 0 Å². The van der Waals surface area contributed by atoms with Gasteiger partial charge in [-0.1, -0.05) is 81.7 Å². The first-order valence-corrected chi connectivity index (χ1v) is 9.80. The average Bonchev–Trinajstić information content (AvgIpc) is 2.52. The Morgan fingerprint density at radius 3 is 1.73 bits per heavy atom. The molecule has 0 aliphatic rings. The molecule has 1 aromatic rings. The smallest absolute Gasteiger partial charge is 0.327 e. The molecule has 22 heavy (non-hydrogen) atoms. The highest BCUT2D eigenvalue weighted by atomic mass is 31.2. The fraction of sp³-hybridized carbons (Fsp3) is 0.667. The lowest BCUT2D eigenvalue weighted by Crippen LogP contribution is -1.89. The van der Waals surface area contributed by atoms with E-state index >= 15 is 0 Å². The van der Waals surface area contributed by atoms with Crippen LogP contribution in [0.15, 0.2) is 30.3 Å². The van der Waals surface area contributed by atoms with Gasteiger partial charge in [0.1, 0.15) is 0 Å². The minimum absolute atomic E-state index is 0.472. The summed E-state index contributed by atoms with van der Waals surface area (Å²) in [4.78, 5) is 17.2. The summed E-state index contributed by atoms with van der Waals surface area (Å²) in [7, 11) is -2.15. The maximum absolute atomic E-state index is 8.58. The summed E-state index contributed by atoms with van der Waals surface area (Å²) in [5.74, 6) is 0. The van der Waals surface area contributed by atoms with Crippen LogP contribution < -0.4 is 0 Å². The molecular weight excluding hydrogens is 295 g/mol. The fourth-order valence-corrected chi connectivity index (χ4v) is 2.93. The van der Waals surface area contributed by atoms with E-state index in [2.05, 4.69) is 30.3 Å². The highest BCUT2D eigenvalue weighted by Crippen LogP contribution is 2.24. The fourth-order valence-electron chi connectivity index (χ4n) is 2.64. The van der Waals surface area contributed by atoms with E-state index in [1.54, 1.807) is 0 Å². The van der Waals surface area contributed by atoms with Gasteiger partial charge in [0.2, 0.25) is 0 Å². The maximum atomic E-state index is 8.58. The number of aryl methyl sites for hydroxylation is 1. The first kappa shape index (κ1) is 19.6. The lowest BCUT2D eigenvalue weighted by atomic mass is 10.0. The molecule has 126 valence electrons. The van der Waals surface area contributed by atoms with Crippen molar-refractivity contribution >= 4 is 8.60 Å². The van der Waals surface area contributed by atoms with Crippen LogP contribution in [0.25, 0.3) is 0 Å². The molecule has 0 amide bonds. The van der Waals surface area contributed by atoms with Crippen LogP contribution in [0.4, 0.5) is 0 Å². The number of benzene rings is 1. The second kappa shape index (κ2) is 14.1. The zero-order valence-corrected chi connectivity index (χ0v) is 14.5. The van der Waals surface area contributed by atoms with Crippen LogP contribution in [0, 0.1) is 0 Å². The largest absolute Gasteiger partial charge is 0.328 e. The topological polar surface area (TPSA) is 49.7 Å². The summed E-state index contributed by atoms with van der Waals surface area (Å²) in [6.07, 6.45) is 13.8. The van der Waals surface area contributed by atoms with Crippen LogP contribution in [0.2, 0.25) is 0 Å². The summed E-state index contributed by atoms with van der Waals surface area (Å²) < 4.78 is 4.73. The van der Waals surface area contributed by atoms with Crippen LogP contribution in [0.3, 0.4) is 0 Å². The van der Waals surface area contributed by atoms with E-state index in [0.29, 0.717) is 6.61 Å². The second-order valence-corrected chi connectivity index (χ2v) is 6.62. The van der Waals surface area contributed by atoms with E-state index in [1.165, 1.54) is 63.4 Å². The third kappa shape index (κ3) is 12.1. The Kier molecular flexibility index (Phi) is 12.6. The van der Waals surface area contributed by atoms with Gasteiger partial charge in [0.25, 0.3) is 0 Å². The highest BCUT2D eigenvalue weighted by Gasteiger charge is 1.98. The highest BCUT2D eigenvalue weighted by molar-refractivity contribution is 7.39. The van der Waals surface area contributed by atoms with Crippen molar-refractivity contribution in [3.8, 4) is 0 Å². The zero-order valence-electron chi connectivity index (χ0n) is 13.6. The van der Waals surface area contributed by atoms with Crippen LogP contribution in [-0.2, 0) is 10.9 Å². The summed E-state index contributed by atoms with van der Waals surface area (Å²) in [5, 5.41) is 0. The van der Waals surface area contributed by atoms with Crippen molar-refractivity contribution in [3.63, 3.8) is 0 Å². The lowest BCUT2D eigenvalue weighted by molar-refractivity contribution is 0.248. The van der Waals surface area contributed by atoms with E-state index < -0.39 is 8.60 Å². The van der Waals surface area contributed by atoms with Crippen molar-refractivity contribution in [1.82, 2.24) is 0 Å². The number of hydrogen-bond acceptors (Lipinski definition) is 3. The minimum Gasteiger partial charge on any atom is -0.328 e. The molecule has 0 saturated carbocycles. The molecular formula is C18H31O3P. The Balaban J connectivity index is 1.75. The van der Waals surface area contributed by atoms with Crippen molar-refractivity contribution in [2.24, 2.45) is 0 Å². The minimum atomic E-state index is -2.15. The van der Waals surface area contributed by atoms with Gasteiger partial charge in [-0.2, -0.15) is 0 Å².